The minimum atomic E-state index is 0.947. The highest BCUT2D eigenvalue weighted by Gasteiger charge is 2.05. The largest absolute Gasteiger partial charge is 0.366 e. The van der Waals surface area contributed by atoms with Crippen LogP contribution in [-0.4, -0.2) is 36.1 Å². The summed E-state index contributed by atoms with van der Waals surface area (Å²) >= 11 is 3.96. The number of nitrogens with zero attached hydrogens (tertiary/aromatic N) is 3. The molecule has 0 aliphatic rings. The molecule has 0 bridgehead atoms. The van der Waals surface area contributed by atoms with Crippen molar-refractivity contribution < 1.29 is 0 Å². The first-order valence-electron chi connectivity index (χ1n) is 5.04. The van der Waals surface area contributed by atoms with Gasteiger partial charge in [0.25, 0.3) is 0 Å². The van der Waals surface area contributed by atoms with Crippen molar-refractivity contribution in [2.24, 2.45) is 4.99 Å². The highest BCUT2D eigenvalue weighted by Crippen LogP contribution is 2.26. The lowest BCUT2D eigenvalue weighted by atomic mass is 10.3. The fraction of sp³-hybridized carbons (Fsp3) is 0.455. The van der Waals surface area contributed by atoms with Gasteiger partial charge in [0, 0.05) is 17.2 Å². The van der Waals surface area contributed by atoms with Crippen molar-refractivity contribution in [3.63, 3.8) is 0 Å². The summed E-state index contributed by atoms with van der Waals surface area (Å²) in [5.74, 6) is 0. The van der Waals surface area contributed by atoms with E-state index in [0.29, 0.717) is 0 Å². The topological polar surface area (TPSA) is 28.5 Å². The molecule has 0 saturated carbocycles. The SMILES string of the molecule is CCN(C)/C=N/c1cc(I)c(SC)nc1C. The number of hydrogen-bond donors (Lipinski definition) is 0. The van der Waals surface area contributed by atoms with E-state index in [1.54, 1.807) is 11.8 Å². The molecule has 88 valence electrons. The third-order valence-electron chi connectivity index (χ3n) is 2.19. The zero-order valence-corrected chi connectivity index (χ0v) is 13.0. The van der Waals surface area contributed by atoms with Gasteiger partial charge in [-0.15, -0.1) is 11.8 Å². The van der Waals surface area contributed by atoms with E-state index < -0.39 is 0 Å². The van der Waals surface area contributed by atoms with Crippen molar-refractivity contribution in [2.45, 2.75) is 18.9 Å². The lowest BCUT2D eigenvalue weighted by Gasteiger charge is -2.09. The maximum absolute atomic E-state index is 4.52. The summed E-state index contributed by atoms with van der Waals surface area (Å²) in [5, 5.41) is 1.07. The van der Waals surface area contributed by atoms with Crippen molar-refractivity contribution in [1.82, 2.24) is 9.88 Å². The van der Waals surface area contributed by atoms with Crippen LogP contribution in [0.3, 0.4) is 0 Å². The zero-order valence-electron chi connectivity index (χ0n) is 9.99. The lowest BCUT2D eigenvalue weighted by Crippen LogP contribution is -2.14. The molecule has 0 unspecified atom stereocenters. The second-order valence-corrected chi connectivity index (χ2v) is 5.36. The van der Waals surface area contributed by atoms with Crippen LogP contribution in [0, 0.1) is 10.5 Å². The molecule has 16 heavy (non-hydrogen) atoms. The molecule has 0 aliphatic heterocycles. The number of pyridine rings is 1. The number of aliphatic imine (C=N–C) groups is 1. The molecule has 1 aromatic heterocycles. The van der Waals surface area contributed by atoms with Crippen molar-refractivity contribution in [3.05, 3.63) is 15.3 Å². The molecule has 0 saturated heterocycles. The predicted molar refractivity (Wildman–Crippen MR) is 79.9 cm³/mol. The second-order valence-electron chi connectivity index (χ2n) is 3.40. The molecule has 0 amide bonds. The van der Waals surface area contributed by atoms with Crippen LogP contribution in [0.25, 0.3) is 0 Å². The van der Waals surface area contributed by atoms with E-state index in [9.17, 15) is 0 Å². The third-order valence-corrected chi connectivity index (χ3v) is 4.08. The van der Waals surface area contributed by atoms with Crippen LogP contribution in [0.5, 0.6) is 0 Å². The molecule has 0 aromatic carbocycles. The molecule has 1 aromatic rings. The molecule has 5 heteroatoms. The Morgan fingerprint density at radius 2 is 2.31 bits per heavy atom. The third kappa shape index (κ3) is 3.62. The van der Waals surface area contributed by atoms with Crippen molar-refractivity contribution >= 4 is 46.4 Å². The first-order valence-corrected chi connectivity index (χ1v) is 7.34. The summed E-state index contributed by atoms with van der Waals surface area (Å²) in [6.07, 6.45) is 3.89. The first-order chi connectivity index (χ1) is 7.58. The number of halogens is 1. The zero-order chi connectivity index (χ0) is 12.1. The molecule has 1 rings (SSSR count). The summed E-state index contributed by atoms with van der Waals surface area (Å²) in [7, 11) is 2.01. The highest BCUT2D eigenvalue weighted by molar-refractivity contribution is 14.1. The van der Waals surface area contributed by atoms with Crippen LogP contribution in [0.15, 0.2) is 16.1 Å². The van der Waals surface area contributed by atoms with Crippen LogP contribution in [-0.2, 0) is 0 Å². The highest BCUT2D eigenvalue weighted by atomic mass is 127. The summed E-state index contributed by atoms with van der Waals surface area (Å²) in [5.41, 5.74) is 1.92. The smallest absolute Gasteiger partial charge is 0.110 e. The molecule has 0 spiro atoms. The minimum Gasteiger partial charge on any atom is -0.366 e. The summed E-state index contributed by atoms with van der Waals surface area (Å²) in [6.45, 7) is 5.04. The van der Waals surface area contributed by atoms with E-state index >= 15 is 0 Å². The van der Waals surface area contributed by atoms with E-state index in [1.807, 2.05) is 31.5 Å². The summed E-state index contributed by atoms with van der Waals surface area (Å²) in [4.78, 5) is 11.0. The minimum absolute atomic E-state index is 0.947. The van der Waals surface area contributed by atoms with Crippen molar-refractivity contribution in [1.29, 1.82) is 0 Å². The van der Waals surface area contributed by atoms with Crippen LogP contribution in [0.4, 0.5) is 5.69 Å². The number of rotatable bonds is 4. The number of aryl methyl sites for hydroxylation is 1. The van der Waals surface area contributed by atoms with Crippen LogP contribution >= 0.6 is 34.4 Å². The monoisotopic (exact) mass is 349 g/mol. The Bertz CT molecular complexity index is 393. The van der Waals surface area contributed by atoms with E-state index in [-0.39, 0.29) is 0 Å². The maximum Gasteiger partial charge on any atom is 0.110 e. The fourth-order valence-corrected chi connectivity index (χ4v) is 2.62. The first kappa shape index (κ1) is 13.8. The predicted octanol–water partition coefficient (Wildman–Crippen LogP) is 3.33. The summed E-state index contributed by atoms with van der Waals surface area (Å²) in [6, 6.07) is 2.08. The number of hydrogen-bond acceptors (Lipinski definition) is 3. The van der Waals surface area contributed by atoms with Gasteiger partial charge >= 0.3 is 0 Å². The normalized spacial score (nSPS) is 11.1. The molecule has 0 atom stereocenters. The van der Waals surface area contributed by atoms with Gasteiger partial charge in [0.15, 0.2) is 0 Å². The Balaban J connectivity index is 2.98. The molecule has 0 N–H and O–H groups in total. The molecule has 0 aliphatic carbocycles. The van der Waals surface area contributed by atoms with Crippen LogP contribution in [0.2, 0.25) is 0 Å². The van der Waals surface area contributed by atoms with Gasteiger partial charge in [-0.2, -0.15) is 0 Å². The standard InChI is InChI=1S/C11H16IN3S/c1-5-15(3)7-13-10-6-9(12)11(16-4)14-8(10)2/h6-7H,5H2,1-4H3/b13-7+. The van der Waals surface area contributed by atoms with E-state index in [0.717, 1.165) is 26.5 Å². The van der Waals surface area contributed by atoms with Crippen molar-refractivity contribution in [3.8, 4) is 0 Å². The molecular weight excluding hydrogens is 333 g/mol. The van der Waals surface area contributed by atoms with Gasteiger partial charge in [-0.1, -0.05) is 0 Å². The summed E-state index contributed by atoms with van der Waals surface area (Å²) < 4.78 is 1.15. The van der Waals surface area contributed by atoms with Gasteiger partial charge in [-0.05, 0) is 48.8 Å². The second kappa shape index (κ2) is 6.44. The average Bonchev–Trinajstić information content (AvgIpc) is 2.29. The maximum atomic E-state index is 4.52. The molecule has 0 radical (unpaired) electrons. The average molecular weight is 349 g/mol. The Hall–Kier alpha value is -0.300. The number of aromatic nitrogens is 1. The van der Waals surface area contributed by atoms with Crippen LogP contribution < -0.4 is 0 Å². The van der Waals surface area contributed by atoms with Crippen LogP contribution in [0.1, 0.15) is 12.6 Å². The van der Waals surface area contributed by atoms with E-state index in [2.05, 4.69) is 45.6 Å². The fourth-order valence-electron chi connectivity index (χ4n) is 1.07. The van der Waals surface area contributed by atoms with E-state index in [4.69, 9.17) is 0 Å². The molecule has 3 nitrogen and oxygen atoms in total. The Labute approximate surface area is 115 Å². The van der Waals surface area contributed by atoms with Gasteiger partial charge in [0.05, 0.1) is 17.7 Å². The van der Waals surface area contributed by atoms with Gasteiger partial charge in [0.1, 0.15) is 5.03 Å². The van der Waals surface area contributed by atoms with Gasteiger partial charge in [0.2, 0.25) is 0 Å². The quantitative estimate of drug-likeness (QED) is 0.361. The molecular formula is C11H16IN3S. The molecule has 1 heterocycles. The van der Waals surface area contributed by atoms with Gasteiger partial charge in [-0.25, -0.2) is 9.98 Å². The molecule has 0 fully saturated rings. The Kier molecular flexibility index (Phi) is 5.54. The number of thioether (sulfide) groups is 1. The van der Waals surface area contributed by atoms with Gasteiger partial charge in [-0.3, -0.25) is 0 Å². The Morgan fingerprint density at radius 3 is 2.88 bits per heavy atom. The van der Waals surface area contributed by atoms with Gasteiger partial charge < -0.3 is 4.90 Å². The Morgan fingerprint density at radius 1 is 1.62 bits per heavy atom. The lowest BCUT2D eigenvalue weighted by molar-refractivity contribution is 0.552. The van der Waals surface area contributed by atoms with E-state index in [1.165, 1.54) is 0 Å². The van der Waals surface area contributed by atoms with Crippen molar-refractivity contribution in [2.75, 3.05) is 19.8 Å².